The highest BCUT2D eigenvalue weighted by atomic mass is 15.1. The number of hydrogen-bond donors (Lipinski definition) is 0. The molecule has 0 bridgehead atoms. The smallest absolute Gasteiger partial charge is 0.0619 e. The molecule has 0 fully saturated rings. The van der Waals surface area contributed by atoms with Crippen molar-refractivity contribution in [1.82, 2.24) is 4.57 Å². The van der Waals surface area contributed by atoms with Crippen LogP contribution in [0, 0.1) is 0 Å². The summed E-state index contributed by atoms with van der Waals surface area (Å²) in [4.78, 5) is 2.48. The van der Waals surface area contributed by atoms with Crippen molar-refractivity contribution in [1.29, 1.82) is 0 Å². The predicted octanol–water partition coefficient (Wildman–Crippen LogP) is 11.3. The van der Waals surface area contributed by atoms with Gasteiger partial charge in [0.05, 0.1) is 11.0 Å². The van der Waals surface area contributed by atoms with E-state index in [9.17, 15) is 0 Å². The highest BCUT2D eigenvalue weighted by Gasteiger charge is 2.26. The van der Waals surface area contributed by atoms with Crippen molar-refractivity contribution in [3.63, 3.8) is 0 Å². The summed E-state index contributed by atoms with van der Waals surface area (Å²) in [6.45, 7) is 0.998. The molecule has 1 aromatic heterocycles. The van der Waals surface area contributed by atoms with Gasteiger partial charge in [0.15, 0.2) is 0 Å². The third-order valence-corrected chi connectivity index (χ3v) is 9.64. The average Bonchev–Trinajstić information content (AvgIpc) is 3.47. The van der Waals surface area contributed by atoms with Gasteiger partial charge in [0.25, 0.3) is 0 Å². The van der Waals surface area contributed by atoms with Crippen LogP contribution in [0.3, 0.4) is 0 Å². The molecule has 2 nitrogen and oxygen atoms in total. The van der Waals surface area contributed by atoms with Crippen LogP contribution in [-0.4, -0.2) is 11.1 Å². The first-order valence-corrected chi connectivity index (χ1v) is 15.9. The molecule has 0 saturated carbocycles. The van der Waals surface area contributed by atoms with E-state index in [0.717, 1.165) is 13.0 Å². The molecule has 214 valence electrons. The van der Waals surface area contributed by atoms with Gasteiger partial charge in [0.2, 0.25) is 0 Å². The zero-order valence-electron chi connectivity index (χ0n) is 25.0. The van der Waals surface area contributed by atoms with Crippen LogP contribution in [0.25, 0.3) is 49.4 Å². The van der Waals surface area contributed by atoms with E-state index in [1.54, 1.807) is 0 Å². The zero-order valence-corrected chi connectivity index (χ0v) is 25.0. The lowest BCUT2D eigenvalue weighted by molar-refractivity contribution is 0.680. The Labute approximate surface area is 263 Å². The van der Waals surface area contributed by atoms with Gasteiger partial charge in [0.1, 0.15) is 0 Å². The van der Waals surface area contributed by atoms with Gasteiger partial charge >= 0.3 is 0 Å². The maximum atomic E-state index is 2.48. The van der Waals surface area contributed by atoms with Crippen molar-refractivity contribution in [3.05, 3.63) is 175 Å². The van der Waals surface area contributed by atoms with Crippen LogP contribution >= 0.6 is 0 Å². The van der Waals surface area contributed by atoms with Crippen LogP contribution < -0.4 is 4.90 Å². The summed E-state index contributed by atoms with van der Waals surface area (Å²) in [6, 6.07) is 60.0. The van der Waals surface area contributed by atoms with Crippen LogP contribution in [0.15, 0.2) is 164 Å². The molecule has 1 unspecified atom stereocenters. The van der Waals surface area contributed by atoms with Crippen molar-refractivity contribution in [2.24, 2.45) is 0 Å². The number of fused-ring (bicyclic) bond motifs is 6. The van der Waals surface area contributed by atoms with E-state index in [0.29, 0.717) is 5.92 Å². The van der Waals surface area contributed by atoms with Gasteiger partial charge in [-0.3, -0.25) is 0 Å². The van der Waals surface area contributed by atoms with E-state index in [1.807, 2.05) is 0 Å². The summed E-state index contributed by atoms with van der Waals surface area (Å²) in [6.07, 6.45) is 1.10. The van der Waals surface area contributed by atoms with Gasteiger partial charge in [-0.25, -0.2) is 0 Å². The summed E-state index contributed by atoms with van der Waals surface area (Å²) in [7, 11) is 0. The van der Waals surface area contributed by atoms with Gasteiger partial charge in [-0.05, 0) is 70.5 Å². The van der Waals surface area contributed by atoms with E-state index in [2.05, 4.69) is 173 Å². The minimum Gasteiger partial charge on any atom is -0.341 e. The highest BCUT2D eigenvalue weighted by Crippen LogP contribution is 2.43. The molecule has 0 saturated heterocycles. The first-order valence-electron chi connectivity index (χ1n) is 15.9. The predicted molar refractivity (Wildman–Crippen MR) is 190 cm³/mol. The Balaban J connectivity index is 1.06. The lowest BCUT2D eigenvalue weighted by Crippen LogP contribution is -2.27. The molecule has 2 heteroatoms. The van der Waals surface area contributed by atoms with E-state index >= 15 is 0 Å². The van der Waals surface area contributed by atoms with E-state index < -0.39 is 0 Å². The molecule has 8 aromatic rings. The van der Waals surface area contributed by atoms with Crippen molar-refractivity contribution >= 4 is 44.0 Å². The van der Waals surface area contributed by atoms with Gasteiger partial charge in [-0.1, -0.05) is 127 Å². The van der Waals surface area contributed by atoms with Gasteiger partial charge in [0, 0.05) is 45.7 Å². The van der Waals surface area contributed by atoms with Gasteiger partial charge in [-0.15, -0.1) is 0 Å². The molecule has 7 aromatic carbocycles. The minimum atomic E-state index is 0.434. The van der Waals surface area contributed by atoms with Crippen molar-refractivity contribution in [2.75, 3.05) is 11.4 Å². The van der Waals surface area contributed by atoms with Crippen molar-refractivity contribution < 1.29 is 0 Å². The van der Waals surface area contributed by atoms with Crippen molar-refractivity contribution in [3.8, 4) is 16.8 Å². The topological polar surface area (TPSA) is 8.17 Å². The second-order valence-corrected chi connectivity index (χ2v) is 12.1. The molecular formula is C43H32N2. The first-order chi connectivity index (χ1) is 22.3. The quantitative estimate of drug-likeness (QED) is 0.202. The minimum absolute atomic E-state index is 0.434. The van der Waals surface area contributed by atoms with Crippen LogP contribution in [0.1, 0.15) is 23.5 Å². The fourth-order valence-electron chi connectivity index (χ4n) is 7.50. The van der Waals surface area contributed by atoms with Crippen LogP contribution in [0.2, 0.25) is 0 Å². The molecule has 0 N–H and O–H groups in total. The fraction of sp³-hybridized carbons (Fsp3) is 0.0698. The summed E-state index contributed by atoms with van der Waals surface area (Å²) >= 11 is 0. The number of benzene rings is 7. The second-order valence-electron chi connectivity index (χ2n) is 12.1. The normalized spacial score (nSPS) is 14.7. The number of rotatable bonds is 4. The Kier molecular flexibility index (Phi) is 6.05. The molecule has 0 aliphatic carbocycles. The number of anilines is 2. The zero-order chi connectivity index (χ0) is 29.7. The third-order valence-electron chi connectivity index (χ3n) is 9.64. The van der Waals surface area contributed by atoms with Crippen LogP contribution in [0.4, 0.5) is 11.4 Å². The number of hydrogen-bond acceptors (Lipinski definition) is 1. The lowest BCUT2D eigenvalue weighted by atomic mass is 9.84. The molecule has 1 atom stereocenters. The molecule has 0 amide bonds. The maximum Gasteiger partial charge on any atom is 0.0619 e. The molecule has 1 aliphatic heterocycles. The largest absolute Gasteiger partial charge is 0.341 e. The SMILES string of the molecule is c1ccc(C2CCN(c3ccc(-c4ccc(-n5c6ccccc6c6ccc7ccccc7c65)cc4)cc3)c3ccccc32)cc1. The summed E-state index contributed by atoms with van der Waals surface area (Å²) < 4.78 is 2.43. The standard InChI is InChI=1S/C43H32N2/c1-2-10-32(11-3-1)36-28-29-44(41-16-8-6-14-38(36)41)34-23-18-30(19-24-34)31-20-25-35(26-21-31)45-42-17-9-7-15-39(42)40-27-22-33-12-4-5-13-37(33)43(40)45/h1-27,36H,28-29H2. The second kappa shape index (κ2) is 10.5. The number of nitrogens with zero attached hydrogens (tertiary/aromatic N) is 2. The molecule has 9 rings (SSSR count). The molecule has 0 spiro atoms. The summed E-state index contributed by atoms with van der Waals surface area (Å²) in [5, 5.41) is 5.11. The first kappa shape index (κ1) is 25.9. The Morgan fingerprint density at radius 1 is 0.467 bits per heavy atom. The fourth-order valence-corrected chi connectivity index (χ4v) is 7.50. The van der Waals surface area contributed by atoms with E-state index in [-0.39, 0.29) is 0 Å². The summed E-state index contributed by atoms with van der Waals surface area (Å²) in [5.74, 6) is 0.434. The van der Waals surface area contributed by atoms with Crippen LogP contribution in [0.5, 0.6) is 0 Å². The molecule has 45 heavy (non-hydrogen) atoms. The van der Waals surface area contributed by atoms with Gasteiger partial charge < -0.3 is 9.47 Å². The Hall–Kier alpha value is -5.60. The molecule has 0 radical (unpaired) electrons. The summed E-state index contributed by atoms with van der Waals surface area (Å²) in [5.41, 5.74) is 11.5. The lowest BCUT2D eigenvalue weighted by Gasteiger charge is -2.36. The van der Waals surface area contributed by atoms with E-state index in [1.165, 1.54) is 71.9 Å². The highest BCUT2D eigenvalue weighted by molar-refractivity contribution is 6.18. The number of aromatic nitrogens is 1. The number of para-hydroxylation sites is 2. The Bertz CT molecular complexity index is 2310. The molecule has 2 heterocycles. The average molecular weight is 577 g/mol. The van der Waals surface area contributed by atoms with Crippen LogP contribution in [-0.2, 0) is 0 Å². The Morgan fingerprint density at radius 3 is 1.91 bits per heavy atom. The van der Waals surface area contributed by atoms with Gasteiger partial charge in [-0.2, -0.15) is 0 Å². The monoisotopic (exact) mass is 576 g/mol. The third kappa shape index (κ3) is 4.25. The maximum absolute atomic E-state index is 2.48. The van der Waals surface area contributed by atoms with Crippen molar-refractivity contribution in [2.45, 2.75) is 12.3 Å². The molecule has 1 aliphatic rings. The van der Waals surface area contributed by atoms with E-state index in [4.69, 9.17) is 0 Å². The molecular weight excluding hydrogens is 544 g/mol. The Morgan fingerprint density at radius 2 is 1.11 bits per heavy atom.